The molecule has 0 radical (unpaired) electrons. The van der Waals surface area contributed by atoms with E-state index in [0.29, 0.717) is 12.6 Å². The van der Waals surface area contributed by atoms with Crippen molar-refractivity contribution in [2.75, 3.05) is 38.1 Å². The highest BCUT2D eigenvalue weighted by molar-refractivity contribution is 6.61. The van der Waals surface area contributed by atoms with E-state index in [1.165, 1.54) is 19.3 Å². The highest BCUT2D eigenvalue weighted by Crippen LogP contribution is 2.36. The molecular weight excluding hydrogens is 341 g/mol. The first-order valence-electron chi connectivity index (χ1n) is 10.1. The van der Waals surface area contributed by atoms with Crippen LogP contribution in [-0.2, 0) is 9.31 Å². The SMILES string of the molecule is CN(CC1CCCCN1CCN)c1ncc(B2OC(C)(C)C(C)(C)O2)cn1. The largest absolute Gasteiger partial charge is 0.498 e. The molecule has 7 nitrogen and oxygen atoms in total. The molecule has 0 spiro atoms. The molecule has 2 saturated heterocycles. The van der Waals surface area contributed by atoms with Gasteiger partial charge in [0.25, 0.3) is 0 Å². The lowest BCUT2D eigenvalue weighted by Gasteiger charge is -2.37. The van der Waals surface area contributed by atoms with Crippen molar-refractivity contribution in [3.05, 3.63) is 12.4 Å². The molecule has 0 saturated carbocycles. The predicted octanol–water partition coefficient (Wildman–Crippen LogP) is 1.03. The summed E-state index contributed by atoms with van der Waals surface area (Å²) in [6.45, 7) is 11.9. The molecule has 3 rings (SSSR count). The van der Waals surface area contributed by atoms with E-state index in [1.807, 2.05) is 40.1 Å². The van der Waals surface area contributed by atoms with Crippen molar-refractivity contribution < 1.29 is 9.31 Å². The summed E-state index contributed by atoms with van der Waals surface area (Å²) < 4.78 is 12.2. The quantitative estimate of drug-likeness (QED) is 0.744. The maximum absolute atomic E-state index is 6.08. The highest BCUT2D eigenvalue weighted by atomic mass is 16.7. The van der Waals surface area contributed by atoms with Crippen LogP contribution < -0.4 is 16.1 Å². The minimum absolute atomic E-state index is 0.361. The average Bonchev–Trinajstić information content (AvgIpc) is 2.84. The Hall–Kier alpha value is -1.22. The van der Waals surface area contributed by atoms with Gasteiger partial charge in [0.2, 0.25) is 5.95 Å². The lowest BCUT2D eigenvalue weighted by atomic mass is 9.81. The number of likely N-dealkylation sites (tertiary alicyclic amines) is 1. The summed E-state index contributed by atoms with van der Waals surface area (Å²) in [4.78, 5) is 13.8. The molecule has 2 fully saturated rings. The summed E-state index contributed by atoms with van der Waals surface area (Å²) in [7, 11) is 1.63. The van der Waals surface area contributed by atoms with Crippen LogP contribution in [0.25, 0.3) is 0 Å². The van der Waals surface area contributed by atoms with Gasteiger partial charge < -0.3 is 19.9 Å². The summed E-state index contributed by atoms with van der Waals surface area (Å²) >= 11 is 0. The molecule has 2 aliphatic heterocycles. The van der Waals surface area contributed by atoms with E-state index in [4.69, 9.17) is 15.0 Å². The first-order chi connectivity index (χ1) is 12.7. The Labute approximate surface area is 163 Å². The molecule has 3 heterocycles. The number of hydrogen-bond donors (Lipinski definition) is 1. The van der Waals surface area contributed by atoms with E-state index in [1.54, 1.807) is 0 Å². The van der Waals surface area contributed by atoms with Gasteiger partial charge in [0.05, 0.1) is 11.2 Å². The van der Waals surface area contributed by atoms with Gasteiger partial charge in [-0.3, -0.25) is 4.90 Å². The summed E-state index contributed by atoms with van der Waals surface area (Å²) in [5.41, 5.74) is 5.91. The van der Waals surface area contributed by atoms with Gasteiger partial charge in [-0.25, -0.2) is 9.97 Å². The second-order valence-electron chi connectivity index (χ2n) is 8.76. The maximum Gasteiger partial charge on any atom is 0.498 e. The van der Waals surface area contributed by atoms with E-state index in [0.717, 1.165) is 31.0 Å². The summed E-state index contributed by atoms with van der Waals surface area (Å²) in [5, 5.41) is 0. The third-order valence-electron chi connectivity index (χ3n) is 6.18. The molecule has 1 atom stereocenters. The van der Waals surface area contributed by atoms with Crippen molar-refractivity contribution in [2.45, 2.75) is 64.2 Å². The van der Waals surface area contributed by atoms with Crippen molar-refractivity contribution in [2.24, 2.45) is 5.73 Å². The van der Waals surface area contributed by atoms with Crippen LogP contribution in [0.5, 0.6) is 0 Å². The van der Waals surface area contributed by atoms with Gasteiger partial charge in [0.15, 0.2) is 0 Å². The maximum atomic E-state index is 6.08. The zero-order valence-electron chi connectivity index (χ0n) is 17.4. The second kappa shape index (κ2) is 8.03. The lowest BCUT2D eigenvalue weighted by molar-refractivity contribution is 0.00578. The molecule has 150 valence electrons. The van der Waals surface area contributed by atoms with E-state index in [-0.39, 0.29) is 11.2 Å². The fourth-order valence-corrected chi connectivity index (χ4v) is 3.75. The first kappa shape index (κ1) is 20.5. The monoisotopic (exact) mass is 375 g/mol. The Kier molecular flexibility index (Phi) is 6.10. The molecule has 1 unspecified atom stereocenters. The van der Waals surface area contributed by atoms with Crippen LogP contribution in [0.15, 0.2) is 12.4 Å². The Bertz CT molecular complexity index is 607. The van der Waals surface area contributed by atoms with Gasteiger partial charge in [0.1, 0.15) is 0 Å². The number of nitrogens with zero attached hydrogens (tertiary/aromatic N) is 4. The van der Waals surface area contributed by atoms with Gasteiger partial charge in [0, 0.05) is 50.6 Å². The van der Waals surface area contributed by atoms with Crippen molar-refractivity contribution in [1.82, 2.24) is 14.9 Å². The van der Waals surface area contributed by atoms with Gasteiger partial charge >= 0.3 is 7.12 Å². The zero-order valence-corrected chi connectivity index (χ0v) is 17.4. The summed E-state index contributed by atoms with van der Waals surface area (Å²) in [5.74, 6) is 0.730. The van der Waals surface area contributed by atoms with Crippen LogP contribution in [0, 0.1) is 0 Å². The third-order valence-corrected chi connectivity index (χ3v) is 6.18. The van der Waals surface area contributed by atoms with Gasteiger partial charge in [-0.1, -0.05) is 6.42 Å². The van der Waals surface area contributed by atoms with Crippen molar-refractivity contribution in [3.63, 3.8) is 0 Å². The van der Waals surface area contributed by atoms with Gasteiger partial charge in [-0.05, 0) is 47.1 Å². The predicted molar refractivity (Wildman–Crippen MR) is 109 cm³/mol. The summed E-state index contributed by atoms with van der Waals surface area (Å²) in [6, 6.07) is 0.513. The van der Waals surface area contributed by atoms with E-state index < -0.39 is 7.12 Å². The van der Waals surface area contributed by atoms with Gasteiger partial charge in [-0.2, -0.15) is 0 Å². The Balaban J connectivity index is 1.63. The van der Waals surface area contributed by atoms with Gasteiger partial charge in [-0.15, -0.1) is 0 Å². The molecule has 1 aromatic rings. The number of likely N-dealkylation sites (N-methyl/N-ethyl adjacent to an activating group) is 1. The molecule has 0 bridgehead atoms. The molecular formula is C19H34BN5O2. The molecule has 27 heavy (non-hydrogen) atoms. The normalized spacial score (nSPS) is 25.0. The number of anilines is 1. The molecule has 0 amide bonds. The van der Waals surface area contributed by atoms with Crippen LogP contribution in [0.1, 0.15) is 47.0 Å². The fourth-order valence-electron chi connectivity index (χ4n) is 3.75. The third kappa shape index (κ3) is 4.45. The van der Waals surface area contributed by atoms with Crippen LogP contribution >= 0.6 is 0 Å². The van der Waals surface area contributed by atoms with Crippen LogP contribution in [0.4, 0.5) is 5.95 Å². The number of nitrogens with two attached hydrogens (primary N) is 1. The lowest BCUT2D eigenvalue weighted by Crippen LogP contribution is -2.48. The molecule has 0 aromatic carbocycles. The topological polar surface area (TPSA) is 76.7 Å². The number of piperidine rings is 1. The molecule has 2 aliphatic rings. The Morgan fingerprint density at radius 2 is 1.81 bits per heavy atom. The first-order valence-corrected chi connectivity index (χ1v) is 10.1. The summed E-state index contributed by atoms with van der Waals surface area (Å²) in [6.07, 6.45) is 7.39. The fraction of sp³-hybridized carbons (Fsp3) is 0.789. The Morgan fingerprint density at radius 1 is 1.19 bits per heavy atom. The van der Waals surface area contributed by atoms with Crippen LogP contribution in [0.3, 0.4) is 0 Å². The number of aromatic nitrogens is 2. The van der Waals surface area contributed by atoms with Crippen LogP contribution in [-0.4, -0.2) is 72.5 Å². The Morgan fingerprint density at radius 3 is 2.41 bits per heavy atom. The van der Waals surface area contributed by atoms with E-state index in [9.17, 15) is 0 Å². The van der Waals surface area contributed by atoms with Crippen molar-refractivity contribution in [1.29, 1.82) is 0 Å². The van der Waals surface area contributed by atoms with Crippen molar-refractivity contribution >= 4 is 18.5 Å². The molecule has 8 heteroatoms. The average molecular weight is 375 g/mol. The van der Waals surface area contributed by atoms with E-state index >= 15 is 0 Å². The minimum Gasteiger partial charge on any atom is -0.399 e. The minimum atomic E-state index is -0.423. The van der Waals surface area contributed by atoms with Crippen LogP contribution in [0.2, 0.25) is 0 Å². The molecule has 1 aromatic heterocycles. The second-order valence-corrected chi connectivity index (χ2v) is 8.76. The smallest absolute Gasteiger partial charge is 0.399 e. The highest BCUT2D eigenvalue weighted by Gasteiger charge is 2.52. The number of rotatable bonds is 6. The van der Waals surface area contributed by atoms with E-state index in [2.05, 4.69) is 26.8 Å². The number of hydrogen-bond acceptors (Lipinski definition) is 7. The zero-order chi connectivity index (χ0) is 19.7. The molecule has 0 aliphatic carbocycles. The molecule has 2 N–H and O–H groups in total. The van der Waals surface area contributed by atoms with Crippen molar-refractivity contribution in [3.8, 4) is 0 Å². The standard InChI is InChI=1S/C19H34BN5O2/c1-18(2)19(3,4)27-20(26-18)15-12-22-17(23-13-15)24(5)14-16-8-6-7-10-25(16)11-9-21/h12-13,16H,6-11,14,21H2,1-5H3.